The van der Waals surface area contributed by atoms with Crippen molar-refractivity contribution in [3.63, 3.8) is 0 Å². The number of nitrogens with one attached hydrogen (secondary N) is 1. The van der Waals surface area contributed by atoms with Crippen LogP contribution >= 0.6 is 11.6 Å². The zero-order chi connectivity index (χ0) is 15.0. The molecule has 0 radical (unpaired) electrons. The van der Waals surface area contributed by atoms with Crippen molar-refractivity contribution in [2.75, 3.05) is 12.4 Å². The van der Waals surface area contributed by atoms with Gasteiger partial charge >= 0.3 is 0 Å². The van der Waals surface area contributed by atoms with Crippen molar-refractivity contribution in [2.45, 2.75) is 25.7 Å². The van der Waals surface area contributed by atoms with E-state index in [0.29, 0.717) is 22.4 Å². The normalized spacial score (nSPS) is 14.0. The van der Waals surface area contributed by atoms with Gasteiger partial charge in [0.25, 0.3) is 5.91 Å². The van der Waals surface area contributed by atoms with E-state index in [1.54, 1.807) is 18.2 Å². The summed E-state index contributed by atoms with van der Waals surface area (Å²) in [5.74, 6) is 1.38. The van der Waals surface area contributed by atoms with Crippen LogP contribution in [0.3, 0.4) is 0 Å². The minimum atomic E-state index is -0.328. The molecule has 0 spiro atoms. The second-order valence-corrected chi connectivity index (χ2v) is 5.55. The maximum atomic E-state index is 12.2. The number of carbonyl (C=O) groups excluding carboxylic acids is 1. The number of methoxy groups -OCH3 is 1. The Morgan fingerprint density at radius 3 is 2.86 bits per heavy atom. The van der Waals surface area contributed by atoms with E-state index in [1.165, 1.54) is 7.11 Å². The molecular formula is C15H15ClN2O3. The summed E-state index contributed by atoms with van der Waals surface area (Å²) in [4.78, 5) is 12.2. The summed E-state index contributed by atoms with van der Waals surface area (Å²) in [5, 5.41) is 7.17. The third-order valence-electron chi connectivity index (χ3n) is 3.47. The molecule has 1 aromatic heterocycles. The minimum absolute atomic E-state index is 0.270. The number of aryl methyl sites for hydroxylation is 1. The van der Waals surface area contributed by atoms with Crippen molar-refractivity contribution in [1.82, 2.24) is 5.16 Å². The first-order chi connectivity index (χ1) is 10.1. The minimum Gasteiger partial charge on any atom is -0.495 e. The molecule has 1 amide bonds. The lowest BCUT2D eigenvalue weighted by molar-refractivity contribution is 0.101. The van der Waals surface area contributed by atoms with Crippen LogP contribution in [0.15, 0.2) is 22.7 Å². The molecule has 0 bridgehead atoms. The maximum absolute atomic E-state index is 12.2. The van der Waals surface area contributed by atoms with Crippen LogP contribution < -0.4 is 10.1 Å². The Morgan fingerprint density at radius 2 is 2.19 bits per heavy atom. The van der Waals surface area contributed by atoms with Crippen molar-refractivity contribution >= 4 is 23.2 Å². The standard InChI is InChI=1S/C15H15ClN2O3/c1-8-5-11(14(20-2)6-10(8)16)17-15(19)12-7-13(21-18-12)9-3-4-9/h5-7,9H,3-4H2,1-2H3,(H,17,19). The number of hydrogen-bond donors (Lipinski definition) is 1. The Bertz CT molecular complexity index is 692. The Morgan fingerprint density at radius 1 is 1.43 bits per heavy atom. The van der Waals surface area contributed by atoms with Crippen LogP contribution in [0.4, 0.5) is 5.69 Å². The number of hydrogen-bond acceptors (Lipinski definition) is 4. The summed E-state index contributed by atoms with van der Waals surface area (Å²) in [5.41, 5.74) is 1.68. The van der Waals surface area contributed by atoms with Crippen LogP contribution in [0.5, 0.6) is 5.75 Å². The fourth-order valence-electron chi connectivity index (χ4n) is 2.07. The second-order valence-electron chi connectivity index (χ2n) is 5.14. The van der Waals surface area contributed by atoms with Crippen molar-refractivity contribution < 1.29 is 14.1 Å². The predicted octanol–water partition coefficient (Wildman–Crippen LogP) is 3.77. The van der Waals surface area contributed by atoms with E-state index < -0.39 is 0 Å². The van der Waals surface area contributed by atoms with Crippen LogP contribution in [0.25, 0.3) is 0 Å². The van der Waals surface area contributed by atoms with E-state index in [2.05, 4.69) is 10.5 Å². The van der Waals surface area contributed by atoms with Gasteiger partial charge in [-0.2, -0.15) is 0 Å². The molecule has 0 saturated heterocycles. The highest BCUT2D eigenvalue weighted by atomic mass is 35.5. The quantitative estimate of drug-likeness (QED) is 0.933. The molecule has 1 heterocycles. The van der Waals surface area contributed by atoms with Crippen molar-refractivity contribution in [3.8, 4) is 5.75 Å². The molecule has 3 rings (SSSR count). The first-order valence-electron chi connectivity index (χ1n) is 6.70. The molecule has 1 saturated carbocycles. The zero-order valence-corrected chi connectivity index (χ0v) is 12.5. The average Bonchev–Trinajstić information content (AvgIpc) is 3.20. The summed E-state index contributed by atoms with van der Waals surface area (Å²) in [6.07, 6.45) is 2.20. The lowest BCUT2D eigenvalue weighted by Crippen LogP contribution is -2.13. The average molecular weight is 307 g/mol. The largest absolute Gasteiger partial charge is 0.495 e. The molecule has 6 heteroatoms. The number of nitrogens with zero attached hydrogens (tertiary/aromatic N) is 1. The van der Waals surface area contributed by atoms with Crippen LogP contribution in [-0.2, 0) is 0 Å². The number of amides is 1. The zero-order valence-electron chi connectivity index (χ0n) is 11.8. The third kappa shape index (κ3) is 2.88. The lowest BCUT2D eigenvalue weighted by Gasteiger charge is -2.11. The summed E-state index contributed by atoms with van der Waals surface area (Å²) in [7, 11) is 1.53. The SMILES string of the molecule is COc1cc(Cl)c(C)cc1NC(=O)c1cc(C2CC2)on1. The van der Waals surface area contributed by atoms with Gasteiger partial charge in [0.1, 0.15) is 11.5 Å². The van der Waals surface area contributed by atoms with Crippen molar-refractivity contribution in [2.24, 2.45) is 0 Å². The van der Waals surface area contributed by atoms with Gasteiger partial charge < -0.3 is 14.6 Å². The number of halogens is 1. The second kappa shape index (κ2) is 5.41. The Labute approximate surface area is 127 Å². The van der Waals surface area contributed by atoms with Crippen LogP contribution in [-0.4, -0.2) is 18.2 Å². The summed E-state index contributed by atoms with van der Waals surface area (Å²) >= 11 is 6.04. The molecule has 5 nitrogen and oxygen atoms in total. The maximum Gasteiger partial charge on any atom is 0.277 e. The molecule has 0 aliphatic heterocycles. The molecule has 2 aromatic rings. The fourth-order valence-corrected chi connectivity index (χ4v) is 2.23. The van der Waals surface area contributed by atoms with Crippen molar-refractivity contribution in [1.29, 1.82) is 0 Å². The smallest absolute Gasteiger partial charge is 0.277 e. The molecule has 1 fully saturated rings. The van der Waals surface area contributed by atoms with Gasteiger partial charge in [-0.15, -0.1) is 0 Å². The molecule has 0 atom stereocenters. The molecule has 1 aromatic carbocycles. The van der Waals surface area contributed by atoms with Crippen molar-refractivity contribution in [3.05, 3.63) is 40.2 Å². The molecular weight excluding hydrogens is 292 g/mol. The number of ether oxygens (including phenoxy) is 1. The van der Waals surface area contributed by atoms with E-state index in [0.717, 1.165) is 24.2 Å². The molecule has 21 heavy (non-hydrogen) atoms. The van der Waals surface area contributed by atoms with E-state index in [1.807, 2.05) is 6.92 Å². The Hall–Kier alpha value is -2.01. The van der Waals surface area contributed by atoms with Gasteiger partial charge in [-0.05, 0) is 31.4 Å². The summed E-state index contributed by atoms with van der Waals surface area (Å²) in [6.45, 7) is 1.86. The number of carbonyl (C=O) groups is 1. The molecule has 1 aliphatic rings. The van der Waals surface area contributed by atoms with Gasteiger partial charge in [0.05, 0.1) is 12.8 Å². The Kier molecular flexibility index (Phi) is 3.59. The molecule has 1 N–H and O–H groups in total. The lowest BCUT2D eigenvalue weighted by atomic mass is 10.2. The molecule has 1 aliphatic carbocycles. The first-order valence-corrected chi connectivity index (χ1v) is 7.08. The summed E-state index contributed by atoms with van der Waals surface area (Å²) in [6, 6.07) is 5.13. The topological polar surface area (TPSA) is 64.4 Å². The van der Waals surface area contributed by atoms with Gasteiger partial charge in [0.15, 0.2) is 5.69 Å². The van der Waals surface area contributed by atoms with Gasteiger partial charge in [-0.3, -0.25) is 4.79 Å². The fraction of sp³-hybridized carbons (Fsp3) is 0.333. The molecule has 0 unspecified atom stereocenters. The van der Waals surface area contributed by atoms with Crippen LogP contribution in [0.1, 0.15) is 40.6 Å². The number of rotatable bonds is 4. The number of benzene rings is 1. The van der Waals surface area contributed by atoms with E-state index in [4.69, 9.17) is 20.9 Å². The van der Waals surface area contributed by atoms with Gasteiger partial charge in [-0.25, -0.2) is 0 Å². The van der Waals surface area contributed by atoms with E-state index in [-0.39, 0.29) is 11.6 Å². The highest BCUT2D eigenvalue weighted by Crippen LogP contribution is 2.40. The Balaban J connectivity index is 1.81. The predicted molar refractivity (Wildman–Crippen MR) is 79.2 cm³/mol. The highest BCUT2D eigenvalue weighted by molar-refractivity contribution is 6.31. The van der Waals surface area contributed by atoms with Gasteiger partial charge in [0.2, 0.25) is 0 Å². The third-order valence-corrected chi connectivity index (χ3v) is 3.88. The highest BCUT2D eigenvalue weighted by Gasteiger charge is 2.29. The first kappa shape index (κ1) is 13.9. The van der Waals surface area contributed by atoms with E-state index in [9.17, 15) is 4.79 Å². The van der Waals surface area contributed by atoms with Gasteiger partial charge in [0, 0.05) is 23.1 Å². The van der Waals surface area contributed by atoms with Gasteiger partial charge in [-0.1, -0.05) is 16.8 Å². The van der Waals surface area contributed by atoms with Crippen LogP contribution in [0.2, 0.25) is 5.02 Å². The number of anilines is 1. The van der Waals surface area contributed by atoms with E-state index >= 15 is 0 Å². The molecule has 110 valence electrons. The summed E-state index contributed by atoms with van der Waals surface area (Å²) < 4.78 is 10.4. The van der Waals surface area contributed by atoms with Crippen LogP contribution in [0, 0.1) is 6.92 Å². The monoisotopic (exact) mass is 306 g/mol. The number of aromatic nitrogens is 1.